The second-order valence-corrected chi connectivity index (χ2v) is 4.93. The third-order valence-corrected chi connectivity index (χ3v) is 3.48. The van der Waals surface area contributed by atoms with E-state index in [-0.39, 0.29) is 28.3 Å². The highest BCUT2D eigenvalue weighted by molar-refractivity contribution is 5.73. The van der Waals surface area contributed by atoms with Crippen LogP contribution < -0.4 is 0 Å². The lowest BCUT2D eigenvalue weighted by atomic mass is 10.0. The number of aliphatic hydroxyl groups is 1. The smallest absolute Gasteiger partial charge is 0.269 e. The van der Waals surface area contributed by atoms with Crippen LogP contribution in [0.1, 0.15) is 5.56 Å². The van der Waals surface area contributed by atoms with Gasteiger partial charge in [0.25, 0.3) is 5.69 Å². The van der Waals surface area contributed by atoms with Crippen LogP contribution in [0.25, 0.3) is 22.6 Å². The predicted octanol–water partition coefficient (Wildman–Crippen LogP) is 3.69. The van der Waals surface area contributed by atoms with Crippen molar-refractivity contribution in [1.82, 2.24) is 5.16 Å². The van der Waals surface area contributed by atoms with Crippen molar-refractivity contribution < 1.29 is 23.3 Å². The lowest BCUT2D eigenvalue weighted by molar-refractivity contribution is -0.384. The minimum Gasteiger partial charge on any atom is -0.391 e. The summed E-state index contributed by atoms with van der Waals surface area (Å²) in [7, 11) is 0. The molecule has 0 amide bonds. The predicted molar refractivity (Wildman–Crippen MR) is 79.9 cm³/mol. The minimum atomic E-state index is -1.05. The molecule has 0 unspecified atom stereocenters. The summed E-state index contributed by atoms with van der Waals surface area (Å²) >= 11 is 0. The summed E-state index contributed by atoms with van der Waals surface area (Å²) in [5, 5.41) is 24.1. The Bertz CT molecular complexity index is 907. The summed E-state index contributed by atoms with van der Waals surface area (Å²) in [5.74, 6) is -1.95. The van der Waals surface area contributed by atoms with E-state index in [2.05, 4.69) is 5.16 Å². The lowest BCUT2D eigenvalue weighted by Gasteiger charge is -2.02. The van der Waals surface area contributed by atoms with Crippen LogP contribution in [0.4, 0.5) is 14.5 Å². The fourth-order valence-corrected chi connectivity index (χ4v) is 2.29. The zero-order valence-electron chi connectivity index (χ0n) is 12.1. The fourth-order valence-electron chi connectivity index (χ4n) is 2.29. The van der Waals surface area contributed by atoms with E-state index >= 15 is 0 Å². The summed E-state index contributed by atoms with van der Waals surface area (Å²) in [6.07, 6.45) is 0. The molecular weight excluding hydrogens is 322 g/mol. The van der Waals surface area contributed by atoms with Gasteiger partial charge in [-0.05, 0) is 30.3 Å². The first kappa shape index (κ1) is 15.8. The van der Waals surface area contributed by atoms with E-state index in [1.807, 2.05) is 0 Å². The first-order chi connectivity index (χ1) is 11.5. The maximum Gasteiger partial charge on any atom is 0.269 e. The normalized spacial score (nSPS) is 10.8. The highest BCUT2D eigenvalue weighted by Gasteiger charge is 2.20. The molecule has 2 aromatic carbocycles. The van der Waals surface area contributed by atoms with Crippen LogP contribution in [0.3, 0.4) is 0 Å². The van der Waals surface area contributed by atoms with Gasteiger partial charge in [-0.1, -0.05) is 5.16 Å². The molecule has 0 aliphatic carbocycles. The van der Waals surface area contributed by atoms with Gasteiger partial charge in [0.15, 0.2) is 17.4 Å². The minimum absolute atomic E-state index is 0.0892. The number of nitro benzene ring substituents is 1. The molecule has 1 aromatic heterocycles. The Morgan fingerprint density at radius 1 is 1.08 bits per heavy atom. The molecule has 0 radical (unpaired) electrons. The zero-order valence-corrected chi connectivity index (χ0v) is 12.1. The van der Waals surface area contributed by atoms with Gasteiger partial charge in [0.05, 0.1) is 17.1 Å². The second-order valence-electron chi connectivity index (χ2n) is 4.93. The van der Waals surface area contributed by atoms with Gasteiger partial charge in [-0.15, -0.1) is 0 Å². The fraction of sp³-hybridized carbons (Fsp3) is 0.0625. The summed E-state index contributed by atoms with van der Waals surface area (Å²) in [5.41, 5.74) is 1.16. The number of aliphatic hydroxyl groups excluding tert-OH is 1. The Balaban J connectivity index is 2.06. The third-order valence-electron chi connectivity index (χ3n) is 3.48. The molecular formula is C16H10F2N2O4. The molecule has 0 fully saturated rings. The molecule has 0 bridgehead atoms. The summed E-state index contributed by atoms with van der Waals surface area (Å²) in [6, 6.07) is 8.70. The van der Waals surface area contributed by atoms with Crippen LogP contribution in [0.15, 0.2) is 47.0 Å². The van der Waals surface area contributed by atoms with Crippen molar-refractivity contribution in [3.05, 3.63) is 69.8 Å². The molecule has 0 saturated carbocycles. The molecule has 1 N–H and O–H groups in total. The molecule has 3 rings (SSSR count). The Kier molecular flexibility index (Phi) is 4.05. The SMILES string of the molecule is O=[N+]([O-])c1ccc(-c2noc(-c3ccc(F)c(F)c3)c2CO)cc1. The largest absolute Gasteiger partial charge is 0.391 e. The Morgan fingerprint density at radius 2 is 1.75 bits per heavy atom. The van der Waals surface area contributed by atoms with E-state index in [4.69, 9.17) is 4.52 Å². The van der Waals surface area contributed by atoms with Crippen molar-refractivity contribution in [3.63, 3.8) is 0 Å². The van der Waals surface area contributed by atoms with Gasteiger partial charge in [-0.3, -0.25) is 10.1 Å². The van der Waals surface area contributed by atoms with Crippen LogP contribution in [-0.4, -0.2) is 15.2 Å². The van der Waals surface area contributed by atoms with Gasteiger partial charge in [0, 0.05) is 23.3 Å². The summed E-state index contributed by atoms with van der Waals surface area (Å²) in [4.78, 5) is 10.2. The van der Waals surface area contributed by atoms with Crippen LogP contribution in [0.5, 0.6) is 0 Å². The number of nitro groups is 1. The van der Waals surface area contributed by atoms with Crippen LogP contribution in [0, 0.1) is 21.7 Å². The van der Waals surface area contributed by atoms with Crippen molar-refractivity contribution in [3.8, 4) is 22.6 Å². The van der Waals surface area contributed by atoms with E-state index in [1.165, 1.54) is 30.3 Å². The van der Waals surface area contributed by atoms with Crippen LogP contribution in [0.2, 0.25) is 0 Å². The monoisotopic (exact) mass is 332 g/mol. The standard InChI is InChI=1S/C16H10F2N2O4/c17-13-6-3-10(7-14(13)18)16-12(8-21)15(19-24-16)9-1-4-11(5-2-9)20(22)23/h1-7,21H,8H2. The van der Waals surface area contributed by atoms with Crippen LogP contribution in [-0.2, 0) is 6.61 Å². The van der Waals surface area contributed by atoms with E-state index in [9.17, 15) is 24.0 Å². The van der Waals surface area contributed by atoms with Gasteiger partial charge in [0.2, 0.25) is 0 Å². The number of hydrogen-bond donors (Lipinski definition) is 1. The molecule has 0 saturated heterocycles. The van der Waals surface area contributed by atoms with E-state index in [0.29, 0.717) is 5.56 Å². The maximum absolute atomic E-state index is 13.4. The van der Waals surface area contributed by atoms with Gasteiger partial charge in [-0.2, -0.15) is 0 Å². The number of halogens is 2. The Labute approximate surface area is 134 Å². The number of non-ortho nitro benzene ring substituents is 1. The van der Waals surface area contributed by atoms with Crippen molar-refractivity contribution in [2.75, 3.05) is 0 Å². The van der Waals surface area contributed by atoms with Gasteiger partial charge in [0.1, 0.15) is 5.69 Å². The number of rotatable bonds is 4. The summed E-state index contributed by atoms with van der Waals surface area (Å²) < 4.78 is 31.6. The lowest BCUT2D eigenvalue weighted by Crippen LogP contribution is -1.91. The molecule has 0 spiro atoms. The van der Waals surface area contributed by atoms with Crippen molar-refractivity contribution >= 4 is 5.69 Å². The molecule has 0 atom stereocenters. The number of aromatic nitrogens is 1. The molecule has 3 aromatic rings. The number of benzene rings is 2. The first-order valence-corrected chi connectivity index (χ1v) is 6.81. The summed E-state index contributed by atoms with van der Waals surface area (Å²) in [6.45, 7) is -0.454. The highest BCUT2D eigenvalue weighted by Crippen LogP contribution is 2.33. The number of hydrogen-bond acceptors (Lipinski definition) is 5. The quantitative estimate of drug-likeness (QED) is 0.581. The van der Waals surface area contributed by atoms with E-state index < -0.39 is 23.2 Å². The average Bonchev–Trinajstić information content (AvgIpc) is 3.01. The van der Waals surface area contributed by atoms with Crippen LogP contribution >= 0.6 is 0 Å². The van der Waals surface area contributed by atoms with E-state index in [1.54, 1.807) is 0 Å². The van der Waals surface area contributed by atoms with Gasteiger partial charge in [-0.25, -0.2) is 8.78 Å². The first-order valence-electron chi connectivity index (χ1n) is 6.81. The van der Waals surface area contributed by atoms with Crippen molar-refractivity contribution in [1.29, 1.82) is 0 Å². The average molecular weight is 332 g/mol. The molecule has 6 nitrogen and oxygen atoms in total. The second kappa shape index (κ2) is 6.17. The van der Waals surface area contributed by atoms with Crippen molar-refractivity contribution in [2.45, 2.75) is 6.61 Å². The maximum atomic E-state index is 13.4. The molecule has 8 heteroatoms. The molecule has 1 heterocycles. The molecule has 24 heavy (non-hydrogen) atoms. The zero-order chi connectivity index (χ0) is 17.3. The van der Waals surface area contributed by atoms with Crippen molar-refractivity contribution in [2.24, 2.45) is 0 Å². The third kappa shape index (κ3) is 2.74. The van der Waals surface area contributed by atoms with Gasteiger partial charge < -0.3 is 9.63 Å². The van der Waals surface area contributed by atoms with E-state index in [0.717, 1.165) is 12.1 Å². The molecule has 0 aliphatic rings. The molecule has 0 aliphatic heterocycles. The number of nitrogens with zero attached hydrogens (tertiary/aromatic N) is 2. The Morgan fingerprint density at radius 3 is 2.33 bits per heavy atom. The molecule has 122 valence electrons. The topological polar surface area (TPSA) is 89.4 Å². The van der Waals surface area contributed by atoms with Gasteiger partial charge >= 0.3 is 0 Å². The highest BCUT2D eigenvalue weighted by atomic mass is 19.2. The Hall–Kier alpha value is -3.13.